The van der Waals surface area contributed by atoms with E-state index >= 15 is 0 Å². The second-order valence-corrected chi connectivity index (χ2v) is 5.77. The van der Waals surface area contributed by atoms with Gasteiger partial charge in [-0.25, -0.2) is 0 Å². The molecule has 0 aliphatic heterocycles. The van der Waals surface area contributed by atoms with Crippen LogP contribution in [0.5, 0.6) is 11.5 Å². The summed E-state index contributed by atoms with van der Waals surface area (Å²) in [6, 6.07) is 12.0. The highest BCUT2D eigenvalue weighted by molar-refractivity contribution is 6.32. The number of ether oxygens (including phenoxy) is 1. The van der Waals surface area contributed by atoms with Crippen molar-refractivity contribution >= 4 is 11.6 Å². The van der Waals surface area contributed by atoms with Crippen LogP contribution in [-0.2, 0) is 12.8 Å². The average Bonchev–Trinajstić information content (AvgIpc) is 2.88. The van der Waals surface area contributed by atoms with Crippen LogP contribution in [0.25, 0.3) is 0 Å². The molecule has 1 unspecified atom stereocenters. The maximum absolute atomic E-state index is 6.26. The number of rotatable bonds is 3. The molecule has 1 aliphatic rings. The van der Waals surface area contributed by atoms with Gasteiger partial charge in [0.05, 0.1) is 5.02 Å². The Kier molecular flexibility index (Phi) is 3.68. The summed E-state index contributed by atoms with van der Waals surface area (Å²) in [6.07, 6.45) is 3.56. The topological polar surface area (TPSA) is 35.2 Å². The standard InChI is InChI=1S/C17H18ClNO/c1-11(19)13-6-8-17(16(18)10-13)20-15-7-5-12-3-2-4-14(12)9-15/h5-11H,2-4,19H2,1H3. The lowest BCUT2D eigenvalue weighted by atomic mass is 10.1. The van der Waals surface area contributed by atoms with Gasteiger partial charge in [0, 0.05) is 6.04 Å². The fourth-order valence-corrected chi connectivity index (χ4v) is 2.85. The Bertz CT molecular complexity index is 637. The van der Waals surface area contributed by atoms with E-state index < -0.39 is 0 Å². The van der Waals surface area contributed by atoms with Crippen LogP contribution in [0.1, 0.15) is 36.1 Å². The molecule has 2 nitrogen and oxygen atoms in total. The Hall–Kier alpha value is -1.51. The lowest BCUT2D eigenvalue weighted by molar-refractivity contribution is 0.482. The Morgan fingerprint density at radius 2 is 1.90 bits per heavy atom. The summed E-state index contributed by atoms with van der Waals surface area (Å²) < 4.78 is 5.90. The monoisotopic (exact) mass is 287 g/mol. The van der Waals surface area contributed by atoms with Gasteiger partial charge in [0.2, 0.25) is 0 Å². The maximum Gasteiger partial charge on any atom is 0.146 e. The van der Waals surface area contributed by atoms with Crippen molar-refractivity contribution < 1.29 is 4.74 Å². The Morgan fingerprint density at radius 1 is 1.10 bits per heavy atom. The van der Waals surface area contributed by atoms with E-state index in [1.165, 1.54) is 24.0 Å². The molecule has 0 radical (unpaired) electrons. The molecule has 0 bridgehead atoms. The third-order valence-electron chi connectivity index (χ3n) is 3.78. The molecule has 3 rings (SSSR count). The Balaban J connectivity index is 1.84. The Labute approximate surface area is 124 Å². The number of aryl methyl sites for hydroxylation is 2. The number of fused-ring (bicyclic) bond motifs is 1. The molecule has 1 aliphatic carbocycles. The van der Waals surface area contributed by atoms with Gasteiger partial charge in [0.1, 0.15) is 11.5 Å². The van der Waals surface area contributed by atoms with E-state index in [1.807, 2.05) is 31.2 Å². The van der Waals surface area contributed by atoms with Gasteiger partial charge in [-0.15, -0.1) is 0 Å². The van der Waals surface area contributed by atoms with Gasteiger partial charge in [-0.1, -0.05) is 23.7 Å². The van der Waals surface area contributed by atoms with Gasteiger partial charge < -0.3 is 10.5 Å². The highest BCUT2D eigenvalue weighted by Crippen LogP contribution is 2.33. The van der Waals surface area contributed by atoms with Gasteiger partial charge in [-0.2, -0.15) is 0 Å². The SMILES string of the molecule is CC(N)c1ccc(Oc2ccc3c(c2)CCC3)c(Cl)c1. The van der Waals surface area contributed by atoms with E-state index in [-0.39, 0.29) is 6.04 Å². The predicted molar refractivity (Wildman–Crippen MR) is 82.6 cm³/mol. The number of hydrogen-bond acceptors (Lipinski definition) is 2. The zero-order valence-corrected chi connectivity index (χ0v) is 12.3. The van der Waals surface area contributed by atoms with Crippen molar-refractivity contribution in [3.05, 3.63) is 58.1 Å². The van der Waals surface area contributed by atoms with E-state index in [4.69, 9.17) is 22.1 Å². The lowest BCUT2D eigenvalue weighted by Crippen LogP contribution is -2.04. The molecule has 0 saturated carbocycles. The smallest absolute Gasteiger partial charge is 0.146 e. The minimum absolute atomic E-state index is 0.0263. The molecule has 0 saturated heterocycles. The molecule has 2 N–H and O–H groups in total. The van der Waals surface area contributed by atoms with Crippen LogP contribution in [0.3, 0.4) is 0 Å². The van der Waals surface area contributed by atoms with Crippen LogP contribution in [0, 0.1) is 0 Å². The summed E-state index contributed by atoms with van der Waals surface area (Å²) in [7, 11) is 0. The molecule has 2 aromatic carbocycles. The first-order valence-corrected chi connectivity index (χ1v) is 7.36. The van der Waals surface area contributed by atoms with Crippen molar-refractivity contribution in [1.82, 2.24) is 0 Å². The summed E-state index contributed by atoms with van der Waals surface area (Å²) in [4.78, 5) is 0. The normalized spacial score (nSPS) is 14.9. The van der Waals surface area contributed by atoms with Gasteiger partial charge in [0.25, 0.3) is 0 Å². The average molecular weight is 288 g/mol. The number of halogens is 1. The quantitative estimate of drug-likeness (QED) is 0.892. The summed E-state index contributed by atoms with van der Waals surface area (Å²) in [5.41, 5.74) is 9.69. The molecular weight excluding hydrogens is 270 g/mol. The second kappa shape index (κ2) is 5.47. The third-order valence-corrected chi connectivity index (χ3v) is 4.07. The van der Waals surface area contributed by atoms with Crippen molar-refractivity contribution in [3.63, 3.8) is 0 Å². The molecule has 0 amide bonds. The minimum Gasteiger partial charge on any atom is -0.456 e. The zero-order chi connectivity index (χ0) is 14.1. The van der Waals surface area contributed by atoms with Crippen LogP contribution in [-0.4, -0.2) is 0 Å². The number of benzene rings is 2. The van der Waals surface area contributed by atoms with Crippen molar-refractivity contribution in [2.75, 3.05) is 0 Å². The van der Waals surface area contributed by atoms with E-state index in [9.17, 15) is 0 Å². The fourth-order valence-electron chi connectivity index (χ4n) is 2.62. The van der Waals surface area contributed by atoms with Crippen molar-refractivity contribution in [2.24, 2.45) is 5.73 Å². The summed E-state index contributed by atoms with van der Waals surface area (Å²) >= 11 is 6.26. The molecule has 0 heterocycles. The third kappa shape index (κ3) is 2.67. The number of nitrogens with two attached hydrogens (primary N) is 1. The molecule has 1 atom stereocenters. The summed E-state index contributed by atoms with van der Waals surface area (Å²) in [5, 5.41) is 0.597. The first-order valence-electron chi connectivity index (χ1n) is 6.98. The highest BCUT2D eigenvalue weighted by Gasteiger charge is 2.12. The van der Waals surface area contributed by atoms with E-state index in [0.29, 0.717) is 10.8 Å². The van der Waals surface area contributed by atoms with Crippen molar-refractivity contribution in [1.29, 1.82) is 0 Å². The van der Waals surface area contributed by atoms with Crippen molar-refractivity contribution in [3.8, 4) is 11.5 Å². The van der Waals surface area contributed by atoms with Crippen LogP contribution >= 0.6 is 11.6 Å². The molecule has 104 valence electrons. The van der Waals surface area contributed by atoms with E-state index in [1.54, 1.807) is 0 Å². The van der Waals surface area contributed by atoms with Gasteiger partial charge in [-0.3, -0.25) is 0 Å². The molecule has 2 aromatic rings. The van der Waals surface area contributed by atoms with Gasteiger partial charge in [-0.05, 0) is 67.1 Å². The van der Waals surface area contributed by atoms with Crippen LogP contribution in [0.4, 0.5) is 0 Å². The van der Waals surface area contributed by atoms with Crippen LogP contribution in [0.15, 0.2) is 36.4 Å². The zero-order valence-electron chi connectivity index (χ0n) is 11.5. The molecular formula is C17H18ClNO. The van der Waals surface area contributed by atoms with Crippen molar-refractivity contribution in [2.45, 2.75) is 32.2 Å². The predicted octanol–water partition coefficient (Wildman–Crippen LogP) is 4.64. The Morgan fingerprint density at radius 3 is 2.65 bits per heavy atom. The lowest BCUT2D eigenvalue weighted by Gasteiger charge is -2.12. The second-order valence-electron chi connectivity index (χ2n) is 5.36. The van der Waals surface area contributed by atoms with Crippen LogP contribution < -0.4 is 10.5 Å². The first-order chi connectivity index (χ1) is 9.63. The first kappa shape index (κ1) is 13.5. The molecule has 0 fully saturated rings. The molecule has 0 spiro atoms. The van der Waals surface area contributed by atoms with Gasteiger partial charge >= 0.3 is 0 Å². The summed E-state index contributed by atoms with van der Waals surface area (Å²) in [5.74, 6) is 1.52. The fraction of sp³-hybridized carbons (Fsp3) is 0.294. The van der Waals surface area contributed by atoms with Crippen LogP contribution in [0.2, 0.25) is 5.02 Å². The van der Waals surface area contributed by atoms with E-state index in [0.717, 1.165) is 17.7 Å². The molecule has 0 aromatic heterocycles. The summed E-state index contributed by atoms with van der Waals surface area (Å²) in [6.45, 7) is 1.94. The van der Waals surface area contributed by atoms with E-state index in [2.05, 4.69) is 12.1 Å². The largest absolute Gasteiger partial charge is 0.456 e. The maximum atomic E-state index is 6.26. The molecule has 20 heavy (non-hydrogen) atoms. The number of hydrogen-bond donors (Lipinski definition) is 1. The molecule has 3 heteroatoms. The van der Waals surface area contributed by atoms with Gasteiger partial charge in [0.15, 0.2) is 0 Å². The highest BCUT2D eigenvalue weighted by atomic mass is 35.5. The minimum atomic E-state index is -0.0263.